The Hall–Kier alpha value is -3.25. The Morgan fingerprint density at radius 1 is 1.07 bits per heavy atom. The van der Waals surface area contributed by atoms with Gasteiger partial charge in [-0.1, -0.05) is 23.7 Å². The van der Waals surface area contributed by atoms with Crippen LogP contribution in [0.15, 0.2) is 67.4 Å². The predicted octanol–water partition coefficient (Wildman–Crippen LogP) is 3.42. The Bertz CT molecular complexity index is 1080. The van der Waals surface area contributed by atoms with Crippen LogP contribution in [0.2, 0.25) is 5.02 Å². The number of rotatable bonds is 5. The normalized spacial score (nSPS) is 10.9. The predicted molar refractivity (Wildman–Crippen MR) is 104 cm³/mol. The molecule has 0 aliphatic carbocycles. The third-order valence-corrected chi connectivity index (χ3v) is 4.45. The first-order chi connectivity index (χ1) is 13.2. The Labute approximate surface area is 160 Å². The minimum Gasteiger partial charge on any atom is -0.349 e. The van der Waals surface area contributed by atoms with Gasteiger partial charge in [-0.2, -0.15) is 0 Å². The van der Waals surface area contributed by atoms with Crippen LogP contribution in [0.4, 0.5) is 0 Å². The summed E-state index contributed by atoms with van der Waals surface area (Å²) in [5, 5.41) is 3.63. The van der Waals surface area contributed by atoms with Crippen LogP contribution in [0.25, 0.3) is 16.8 Å². The van der Waals surface area contributed by atoms with Crippen LogP contribution in [0, 0.1) is 0 Å². The lowest BCUT2D eigenvalue weighted by Crippen LogP contribution is -2.27. The van der Waals surface area contributed by atoms with Gasteiger partial charge in [-0.25, -0.2) is 4.98 Å². The van der Waals surface area contributed by atoms with E-state index in [1.807, 2.05) is 36.4 Å². The summed E-state index contributed by atoms with van der Waals surface area (Å²) in [4.78, 5) is 25.5. The summed E-state index contributed by atoms with van der Waals surface area (Å²) in [6.07, 6.45) is 9.19. The van der Waals surface area contributed by atoms with Crippen molar-refractivity contribution >= 4 is 23.0 Å². The number of carbonyl (C=O) groups excluding carboxylic acids is 1. The molecule has 27 heavy (non-hydrogen) atoms. The third-order valence-electron chi connectivity index (χ3n) is 4.20. The molecule has 0 saturated carbocycles. The topological polar surface area (TPSA) is 72.2 Å². The van der Waals surface area contributed by atoms with Gasteiger partial charge in [0, 0.05) is 41.9 Å². The highest BCUT2D eigenvalue weighted by atomic mass is 35.5. The maximum atomic E-state index is 12.7. The van der Waals surface area contributed by atoms with Crippen molar-refractivity contribution in [1.82, 2.24) is 24.7 Å². The SMILES string of the molecule is O=C(NCCc1ccc(Cl)cc1)c1nc(-c2cccnc2)c2cnccn12. The van der Waals surface area contributed by atoms with Crippen molar-refractivity contribution in [3.05, 3.63) is 83.8 Å². The molecule has 1 N–H and O–H groups in total. The Morgan fingerprint density at radius 3 is 2.67 bits per heavy atom. The van der Waals surface area contributed by atoms with Gasteiger partial charge >= 0.3 is 0 Å². The molecule has 4 aromatic rings. The molecule has 0 aliphatic rings. The van der Waals surface area contributed by atoms with Gasteiger partial charge in [0.1, 0.15) is 5.69 Å². The zero-order valence-corrected chi connectivity index (χ0v) is 15.1. The molecule has 0 spiro atoms. The molecule has 0 radical (unpaired) electrons. The largest absolute Gasteiger partial charge is 0.349 e. The summed E-state index contributed by atoms with van der Waals surface area (Å²) in [6, 6.07) is 11.3. The van der Waals surface area contributed by atoms with Gasteiger partial charge in [0.05, 0.1) is 11.7 Å². The first-order valence-corrected chi connectivity index (χ1v) is 8.85. The second kappa shape index (κ2) is 7.55. The molecular weight excluding hydrogens is 362 g/mol. The fourth-order valence-electron chi connectivity index (χ4n) is 2.86. The minimum absolute atomic E-state index is 0.236. The van der Waals surface area contributed by atoms with Crippen LogP contribution in [-0.2, 0) is 6.42 Å². The number of halogens is 1. The Kier molecular flexibility index (Phi) is 4.80. The molecule has 0 atom stereocenters. The van der Waals surface area contributed by atoms with Gasteiger partial charge in [-0.15, -0.1) is 0 Å². The number of nitrogens with zero attached hydrogens (tertiary/aromatic N) is 4. The van der Waals surface area contributed by atoms with E-state index in [1.165, 1.54) is 0 Å². The summed E-state index contributed by atoms with van der Waals surface area (Å²) < 4.78 is 1.74. The van der Waals surface area contributed by atoms with E-state index in [0.29, 0.717) is 29.5 Å². The van der Waals surface area contributed by atoms with Gasteiger partial charge in [0.2, 0.25) is 5.82 Å². The number of pyridine rings is 1. The van der Waals surface area contributed by atoms with Crippen molar-refractivity contribution in [2.24, 2.45) is 0 Å². The molecule has 7 heteroatoms. The third kappa shape index (κ3) is 3.66. The highest BCUT2D eigenvalue weighted by molar-refractivity contribution is 6.30. The zero-order valence-electron chi connectivity index (χ0n) is 14.3. The fraction of sp³-hybridized carbons (Fsp3) is 0.100. The van der Waals surface area contributed by atoms with Crippen molar-refractivity contribution in [3.8, 4) is 11.3 Å². The minimum atomic E-state index is -0.236. The van der Waals surface area contributed by atoms with Gasteiger partial charge in [0.25, 0.3) is 5.91 Å². The van der Waals surface area contributed by atoms with Crippen molar-refractivity contribution < 1.29 is 4.79 Å². The van der Waals surface area contributed by atoms with Crippen LogP contribution in [0.5, 0.6) is 0 Å². The molecule has 0 aliphatic heterocycles. The number of benzene rings is 1. The average molecular weight is 378 g/mol. The van der Waals surface area contributed by atoms with Gasteiger partial charge in [-0.05, 0) is 36.2 Å². The summed E-state index contributed by atoms with van der Waals surface area (Å²) in [7, 11) is 0. The van der Waals surface area contributed by atoms with Gasteiger partial charge in [0.15, 0.2) is 0 Å². The van der Waals surface area contributed by atoms with Crippen molar-refractivity contribution in [2.45, 2.75) is 6.42 Å². The molecule has 3 aromatic heterocycles. The van der Waals surface area contributed by atoms with Crippen molar-refractivity contribution in [2.75, 3.05) is 6.54 Å². The number of fused-ring (bicyclic) bond motifs is 1. The van der Waals surface area contributed by atoms with E-state index in [-0.39, 0.29) is 5.91 Å². The molecule has 4 rings (SSSR count). The smallest absolute Gasteiger partial charge is 0.287 e. The number of nitrogens with one attached hydrogen (secondary N) is 1. The molecule has 6 nitrogen and oxygen atoms in total. The number of amides is 1. The second-order valence-corrected chi connectivity index (χ2v) is 6.43. The lowest BCUT2D eigenvalue weighted by atomic mass is 10.1. The molecule has 0 fully saturated rings. The van der Waals surface area contributed by atoms with E-state index in [4.69, 9.17) is 11.6 Å². The molecule has 1 aromatic carbocycles. The molecule has 0 saturated heterocycles. The van der Waals surface area contributed by atoms with E-state index in [2.05, 4.69) is 20.3 Å². The molecule has 134 valence electrons. The first kappa shape index (κ1) is 17.2. The fourth-order valence-corrected chi connectivity index (χ4v) is 2.99. The molecule has 1 amide bonds. The zero-order chi connectivity index (χ0) is 18.6. The highest BCUT2D eigenvalue weighted by Crippen LogP contribution is 2.23. The maximum Gasteiger partial charge on any atom is 0.287 e. The summed E-state index contributed by atoms with van der Waals surface area (Å²) in [5.41, 5.74) is 3.38. The number of hydrogen-bond donors (Lipinski definition) is 1. The summed E-state index contributed by atoms with van der Waals surface area (Å²) >= 11 is 5.89. The van der Waals surface area contributed by atoms with Crippen LogP contribution in [-0.4, -0.2) is 31.8 Å². The lowest BCUT2D eigenvalue weighted by molar-refractivity contribution is 0.0943. The van der Waals surface area contributed by atoms with E-state index in [9.17, 15) is 4.79 Å². The van der Waals surface area contributed by atoms with E-state index >= 15 is 0 Å². The van der Waals surface area contributed by atoms with E-state index < -0.39 is 0 Å². The van der Waals surface area contributed by atoms with E-state index in [1.54, 1.807) is 35.4 Å². The molecule has 0 bridgehead atoms. The number of carbonyl (C=O) groups is 1. The Morgan fingerprint density at radius 2 is 1.89 bits per heavy atom. The lowest BCUT2D eigenvalue weighted by Gasteiger charge is -2.05. The Balaban J connectivity index is 1.56. The molecular formula is C20H16ClN5O. The maximum absolute atomic E-state index is 12.7. The number of aromatic nitrogens is 4. The van der Waals surface area contributed by atoms with Crippen molar-refractivity contribution in [1.29, 1.82) is 0 Å². The highest BCUT2D eigenvalue weighted by Gasteiger charge is 2.18. The molecule has 0 unspecified atom stereocenters. The number of hydrogen-bond acceptors (Lipinski definition) is 4. The summed E-state index contributed by atoms with van der Waals surface area (Å²) in [5.74, 6) is 0.0858. The van der Waals surface area contributed by atoms with Crippen LogP contribution >= 0.6 is 11.6 Å². The molecule has 3 heterocycles. The van der Waals surface area contributed by atoms with Crippen LogP contribution in [0.1, 0.15) is 16.2 Å². The first-order valence-electron chi connectivity index (χ1n) is 8.47. The summed E-state index contributed by atoms with van der Waals surface area (Å²) in [6.45, 7) is 0.503. The standard InChI is InChI=1S/C20H16ClN5O/c21-16-5-3-14(4-6-16)7-9-24-20(27)19-25-18(15-2-1-8-22-12-15)17-13-23-10-11-26(17)19/h1-6,8,10-13H,7,9H2,(H,24,27). The van der Waals surface area contributed by atoms with Crippen LogP contribution < -0.4 is 5.32 Å². The second-order valence-electron chi connectivity index (χ2n) is 5.99. The van der Waals surface area contributed by atoms with Crippen LogP contribution in [0.3, 0.4) is 0 Å². The van der Waals surface area contributed by atoms with E-state index in [0.717, 1.165) is 16.6 Å². The van der Waals surface area contributed by atoms with Gasteiger partial charge < -0.3 is 5.32 Å². The van der Waals surface area contributed by atoms with Crippen molar-refractivity contribution in [3.63, 3.8) is 0 Å². The monoisotopic (exact) mass is 377 g/mol. The average Bonchev–Trinajstić information content (AvgIpc) is 3.10. The quantitative estimate of drug-likeness (QED) is 0.578. The van der Waals surface area contributed by atoms with Gasteiger partial charge in [-0.3, -0.25) is 19.2 Å². The number of imidazole rings is 1.